The third-order valence-corrected chi connectivity index (χ3v) is 2.79. The molecule has 0 aromatic carbocycles. The molecule has 3 heteroatoms. The van der Waals surface area contributed by atoms with Crippen LogP contribution in [0.4, 0.5) is 0 Å². The van der Waals surface area contributed by atoms with E-state index in [1.807, 2.05) is 0 Å². The van der Waals surface area contributed by atoms with Gasteiger partial charge in [0.05, 0.1) is 6.61 Å². The minimum absolute atomic E-state index is 0.0616. The topological polar surface area (TPSA) is 49.5 Å². The molecule has 0 aliphatic heterocycles. The summed E-state index contributed by atoms with van der Waals surface area (Å²) in [5.74, 6) is 0.415. The van der Waals surface area contributed by atoms with E-state index in [-0.39, 0.29) is 18.7 Å². The van der Waals surface area contributed by atoms with Gasteiger partial charge in [0.1, 0.15) is 0 Å². The number of aliphatic hydroxyl groups is 1. The smallest absolute Gasteiger partial charge is 0.0602 e. The summed E-state index contributed by atoms with van der Waals surface area (Å²) in [4.78, 5) is 2.27. The van der Waals surface area contributed by atoms with Crippen molar-refractivity contribution in [2.24, 2.45) is 11.7 Å². The van der Waals surface area contributed by atoms with Gasteiger partial charge >= 0.3 is 0 Å². The van der Waals surface area contributed by atoms with Gasteiger partial charge < -0.3 is 10.8 Å². The van der Waals surface area contributed by atoms with Gasteiger partial charge in [-0.2, -0.15) is 0 Å². The molecule has 0 radical (unpaired) electrons. The predicted octanol–water partition coefficient (Wildman–Crippen LogP) is 1.06. The second kappa shape index (κ2) is 7.21. The van der Waals surface area contributed by atoms with Crippen LogP contribution in [0.25, 0.3) is 0 Å². The van der Waals surface area contributed by atoms with E-state index in [0.29, 0.717) is 5.92 Å². The zero-order valence-electron chi connectivity index (χ0n) is 10.0. The van der Waals surface area contributed by atoms with Crippen molar-refractivity contribution in [3.63, 3.8) is 0 Å². The van der Waals surface area contributed by atoms with Crippen LogP contribution >= 0.6 is 0 Å². The molecule has 3 N–H and O–H groups in total. The lowest BCUT2D eigenvalue weighted by molar-refractivity contribution is 0.0957. The fourth-order valence-electron chi connectivity index (χ4n) is 1.77. The highest BCUT2D eigenvalue weighted by atomic mass is 16.3. The Kier molecular flexibility index (Phi) is 7.15. The standard InChI is InChI=1S/C11H26N2O/c1-5-7-13(6-2)10(8-14)11(12)9(3)4/h9-11,14H,5-8,12H2,1-4H3. The molecule has 0 saturated heterocycles. The van der Waals surface area contributed by atoms with Crippen LogP contribution in [-0.2, 0) is 0 Å². The molecular formula is C11H26N2O. The van der Waals surface area contributed by atoms with Crippen LogP contribution in [0, 0.1) is 5.92 Å². The third-order valence-electron chi connectivity index (χ3n) is 2.79. The van der Waals surface area contributed by atoms with E-state index in [2.05, 4.69) is 32.6 Å². The number of aliphatic hydroxyl groups excluding tert-OH is 1. The summed E-state index contributed by atoms with van der Waals surface area (Å²) in [5, 5.41) is 9.35. The Morgan fingerprint density at radius 1 is 1.29 bits per heavy atom. The highest BCUT2D eigenvalue weighted by Gasteiger charge is 2.24. The van der Waals surface area contributed by atoms with E-state index in [0.717, 1.165) is 19.5 Å². The minimum atomic E-state index is 0.0616. The van der Waals surface area contributed by atoms with Crippen molar-refractivity contribution in [1.29, 1.82) is 0 Å². The summed E-state index contributed by atoms with van der Waals surface area (Å²) in [6.45, 7) is 10.6. The Hall–Kier alpha value is -0.120. The molecule has 2 unspecified atom stereocenters. The lowest BCUT2D eigenvalue weighted by Gasteiger charge is -2.35. The monoisotopic (exact) mass is 202 g/mol. The van der Waals surface area contributed by atoms with Crippen molar-refractivity contribution < 1.29 is 5.11 Å². The van der Waals surface area contributed by atoms with Crippen molar-refractivity contribution in [3.8, 4) is 0 Å². The van der Waals surface area contributed by atoms with Crippen molar-refractivity contribution in [2.45, 2.75) is 46.2 Å². The first-order valence-electron chi connectivity index (χ1n) is 5.68. The molecule has 2 atom stereocenters. The van der Waals surface area contributed by atoms with Gasteiger partial charge in [0.2, 0.25) is 0 Å². The number of nitrogens with zero attached hydrogens (tertiary/aromatic N) is 1. The van der Waals surface area contributed by atoms with Crippen LogP contribution in [0.15, 0.2) is 0 Å². The fourth-order valence-corrected chi connectivity index (χ4v) is 1.77. The maximum Gasteiger partial charge on any atom is 0.0602 e. The molecule has 3 nitrogen and oxygen atoms in total. The highest BCUT2D eigenvalue weighted by molar-refractivity contribution is 4.83. The first-order chi connectivity index (χ1) is 6.58. The van der Waals surface area contributed by atoms with E-state index in [9.17, 15) is 5.11 Å². The summed E-state index contributed by atoms with van der Waals surface area (Å²) >= 11 is 0. The van der Waals surface area contributed by atoms with Crippen LogP contribution in [0.1, 0.15) is 34.1 Å². The molecule has 14 heavy (non-hydrogen) atoms. The lowest BCUT2D eigenvalue weighted by Crippen LogP contribution is -2.52. The molecule has 0 aromatic rings. The number of hydrogen-bond donors (Lipinski definition) is 2. The Morgan fingerprint density at radius 3 is 2.14 bits per heavy atom. The molecule has 0 amide bonds. The van der Waals surface area contributed by atoms with Crippen molar-refractivity contribution >= 4 is 0 Å². The van der Waals surface area contributed by atoms with Crippen LogP contribution in [-0.4, -0.2) is 41.8 Å². The lowest BCUT2D eigenvalue weighted by atomic mass is 9.96. The summed E-state index contributed by atoms with van der Waals surface area (Å²) in [6, 6.07) is 0.173. The van der Waals surface area contributed by atoms with Gasteiger partial charge in [0, 0.05) is 12.1 Å². The van der Waals surface area contributed by atoms with E-state index in [4.69, 9.17) is 5.73 Å². The first-order valence-corrected chi connectivity index (χ1v) is 5.68. The van der Waals surface area contributed by atoms with E-state index >= 15 is 0 Å². The number of rotatable bonds is 7. The van der Waals surface area contributed by atoms with E-state index < -0.39 is 0 Å². The van der Waals surface area contributed by atoms with Gasteiger partial charge in [-0.25, -0.2) is 0 Å². The van der Waals surface area contributed by atoms with Crippen LogP contribution < -0.4 is 5.73 Å². The molecule has 0 rings (SSSR count). The predicted molar refractivity (Wildman–Crippen MR) is 61.2 cm³/mol. The fraction of sp³-hybridized carbons (Fsp3) is 1.00. The summed E-state index contributed by atoms with van der Waals surface area (Å²) in [7, 11) is 0. The van der Waals surface area contributed by atoms with Crippen LogP contribution in [0.5, 0.6) is 0 Å². The molecular weight excluding hydrogens is 176 g/mol. The molecule has 0 bridgehead atoms. The van der Waals surface area contributed by atoms with Gasteiger partial charge in [-0.3, -0.25) is 4.90 Å². The maximum atomic E-state index is 9.35. The summed E-state index contributed by atoms with van der Waals surface area (Å²) < 4.78 is 0. The average molecular weight is 202 g/mol. The van der Waals surface area contributed by atoms with Crippen LogP contribution in [0.3, 0.4) is 0 Å². The van der Waals surface area contributed by atoms with E-state index in [1.165, 1.54) is 0 Å². The second-order valence-electron chi connectivity index (χ2n) is 4.20. The molecule has 0 spiro atoms. The molecule has 0 fully saturated rings. The summed E-state index contributed by atoms with van der Waals surface area (Å²) in [5.41, 5.74) is 6.08. The zero-order valence-corrected chi connectivity index (χ0v) is 10.0. The molecule has 0 aromatic heterocycles. The zero-order chi connectivity index (χ0) is 11.1. The Balaban J connectivity index is 4.33. The molecule has 0 heterocycles. The van der Waals surface area contributed by atoms with Crippen molar-refractivity contribution in [3.05, 3.63) is 0 Å². The normalized spacial score (nSPS) is 16.3. The molecule has 0 aliphatic carbocycles. The summed E-state index contributed by atoms with van der Waals surface area (Å²) in [6.07, 6.45) is 1.11. The third kappa shape index (κ3) is 3.95. The van der Waals surface area contributed by atoms with Gasteiger partial charge in [-0.05, 0) is 25.4 Å². The number of hydrogen-bond acceptors (Lipinski definition) is 3. The quantitative estimate of drug-likeness (QED) is 0.649. The van der Waals surface area contributed by atoms with Crippen molar-refractivity contribution in [1.82, 2.24) is 4.90 Å². The highest BCUT2D eigenvalue weighted by Crippen LogP contribution is 2.10. The molecule has 0 saturated carbocycles. The largest absolute Gasteiger partial charge is 0.395 e. The van der Waals surface area contributed by atoms with E-state index in [1.54, 1.807) is 0 Å². The van der Waals surface area contributed by atoms with Crippen LogP contribution in [0.2, 0.25) is 0 Å². The number of likely N-dealkylation sites (N-methyl/N-ethyl adjacent to an activating group) is 1. The second-order valence-corrected chi connectivity index (χ2v) is 4.20. The Bertz CT molecular complexity index is 139. The van der Waals surface area contributed by atoms with Gasteiger partial charge in [0.15, 0.2) is 0 Å². The van der Waals surface area contributed by atoms with Gasteiger partial charge in [-0.1, -0.05) is 27.7 Å². The molecule has 0 aliphatic rings. The van der Waals surface area contributed by atoms with Gasteiger partial charge in [0.25, 0.3) is 0 Å². The first kappa shape index (κ1) is 13.9. The van der Waals surface area contributed by atoms with Crippen molar-refractivity contribution in [2.75, 3.05) is 19.7 Å². The minimum Gasteiger partial charge on any atom is -0.395 e. The Morgan fingerprint density at radius 2 is 1.86 bits per heavy atom. The number of nitrogens with two attached hydrogens (primary N) is 1. The van der Waals surface area contributed by atoms with Gasteiger partial charge in [-0.15, -0.1) is 0 Å². The molecule has 86 valence electrons. The maximum absolute atomic E-state index is 9.35. The Labute approximate surface area is 88.3 Å². The average Bonchev–Trinajstić information content (AvgIpc) is 2.17. The SMILES string of the molecule is CCCN(CC)C(CO)C(N)C(C)C.